The van der Waals surface area contributed by atoms with Gasteiger partial charge in [0.1, 0.15) is 0 Å². The van der Waals surface area contributed by atoms with Crippen molar-refractivity contribution < 1.29 is 43.1 Å². The summed E-state index contributed by atoms with van der Waals surface area (Å²) in [6, 6.07) is 0. The van der Waals surface area contributed by atoms with Crippen molar-refractivity contribution in [1.29, 1.82) is 0 Å². The zero-order valence-electron chi connectivity index (χ0n) is 5.69. The zero-order chi connectivity index (χ0) is 8.20. The van der Waals surface area contributed by atoms with Gasteiger partial charge in [0.05, 0.1) is 0 Å². The first-order chi connectivity index (χ1) is 4.48. The van der Waals surface area contributed by atoms with Gasteiger partial charge in [0.15, 0.2) is 0 Å². The molecular formula is C5H2F3O2ReRf-. The summed E-state index contributed by atoms with van der Waals surface area (Å²) in [6.45, 7) is 0.329. The molecule has 0 fully saturated rings. The molecule has 0 rings (SSSR count). The average Bonchev–Trinajstić information content (AvgIpc) is 1.80. The normalized spacial score (nSPS) is 8.17. The van der Waals surface area contributed by atoms with E-state index in [1.54, 1.807) is 5.92 Å². The molecule has 0 saturated heterocycles. The van der Waals surface area contributed by atoms with Crippen LogP contribution in [-0.4, -0.2) is 12.1 Å². The van der Waals surface area contributed by atoms with E-state index in [1.807, 2.05) is 0 Å². The number of terminal acetylenes is 1. The molecular weight excluding hydrogens is 602 g/mol. The third-order valence-corrected chi connectivity index (χ3v) is 0.465. The first-order valence-corrected chi connectivity index (χ1v) is 2.04. The number of rotatable bonds is 1. The van der Waals surface area contributed by atoms with E-state index in [1.165, 1.54) is 0 Å². The Morgan fingerprint density at radius 2 is 1.92 bits per heavy atom. The third kappa shape index (κ3) is 6.47. The number of hydrogen-bond donors (Lipinski definition) is 0. The second kappa shape index (κ2) is 6.09. The van der Waals surface area contributed by atoms with Crippen molar-refractivity contribution in [1.82, 2.24) is 0 Å². The van der Waals surface area contributed by atoms with E-state index in [9.17, 15) is 18.0 Å². The molecule has 0 amide bonds. The maximum absolute atomic E-state index is 11.2. The maximum atomic E-state index is 11.2. The molecule has 0 spiro atoms. The van der Waals surface area contributed by atoms with Crippen molar-refractivity contribution in [2.45, 2.75) is 6.18 Å². The molecule has 12 heavy (non-hydrogen) atoms. The molecule has 0 aliphatic heterocycles. The first kappa shape index (κ1) is 16.8. The van der Waals surface area contributed by atoms with Gasteiger partial charge in [-0.15, -0.1) is 0 Å². The third-order valence-electron chi connectivity index (χ3n) is 0.465. The van der Waals surface area contributed by atoms with Crippen molar-refractivity contribution in [3.8, 4) is 12.3 Å². The monoisotopic (exact) mass is 605 g/mol. The second-order valence-electron chi connectivity index (χ2n) is 1.19. The number of halogens is 3. The topological polar surface area (TPSA) is 26.3 Å². The summed E-state index contributed by atoms with van der Waals surface area (Å²) in [7, 11) is 0. The Bertz CT molecular complexity index is 175. The molecule has 0 aliphatic carbocycles. The molecule has 0 aromatic carbocycles. The molecule has 0 aliphatic rings. The van der Waals surface area contributed by atoms with Crippen LogP contribution in [0.1, 0.15) is 0 Å². The van der Waals surface area contributed by atoms with Crippen LogP contribution in [0.3, 0.4) is 0 Å². The molecule has 0 saturated carbocycles. The molecule has 0 heterocycles. The average molecular weight is 604 g/mol. The van der Waals surface area contributed by atoms with Gasteiger partial charge >= 0.3 is 12.1 Å². The molecule has 0 aromatic rings. The Kier molecular flexibility index (Phi) is 8.50. The van der Waals surface area contributed by atoms with Gasteiger partial charge in [0, 0.05) is 20.4 Å². The van der Waals surface area contributed by atoms with Crippen molar-refractivity contribution in [2.75, 3.05) is 0 Å². The van der Waals surface area contributed by atoms with Gasteiger partial charge in [0.2, 0.25) is 0 Å². The van der Waals surface area contributed by atoms with E-state index in [4.69, 9.17) is 0 Å². The van der Waals surface area contributed by atoms with E-state index in [-0.39, 0.29) is 20.4 Å². The summed E-state index contributed by atoms with van der Waals surface area (Å²) in [5, 5.41) is 0. The molecule has 65 valence electrons. The Balaban J connectivity index is -0.000000405. The van der Waals surface area contributed by atoms with E-state index in [2.05, 4.69) is 11.2 Å². The molecule has 1 radical (unpaired) electrons. The van der Waals surface area contributed by atoms with Crippen molar-refractivity contribution in [2.24, 2.45) is 0 Å². The zero-order valence-corrected chi connectivity index (χ0v) is 14.8. The Morgan fingerprint density at radius 1 is 1.50 bits per heavy atom. The van der Waals surface area contributed by atoms with Crippen LogP contribution in [0.4, 0.5) is 13.2 Å². The van der Waals surface area contributed by atoms with Crippen LogP contribution in [0.2, 0.25) is 0 Å². The molecule has 0 atom stereocenters. The minimum atomic E-state index is -4.98. The first-order valence-electron chi connectivity index (χ1n) is 2.04. The summed E-state index contributed by atoms with van der Waals surface area (Å²) in [5.41, 5.74) is 0. The summed E-state index contributed by atoms with van der Waals surface area (Å²) in [6.07, 6.45) is -0.509. The van der Waals surface area contributed by atoms with Crippen LogP contribution in [0.5, 0.6) is 0 Å². The minimum absolute atomic E-state index is 0. The van der Waals surface area contributed by atoms with Crippen LogP contribution in [0.15, 0.2) is 0 Å². The van der Waals surface area contributed by atoms with Crippen LogP contribution < -0.4 is 0 Å². The van der Waals surface area contributed by atoms with Gasteiger partial charge < -0.3 is 11.2 Å². The van der Waals surface area contributed by atoms with Gasteiger partial charge in [-0.05, 0) is 6.61 Å². The second-order valence-corrected chi connectivity index (χ2v) is 1.19. The van der Waals surface area contributed by atoms with E-state index in [0.717, 1.165) is 0 Å². The fourth-order valence-electron chi connectivity index (χ4n) is 0.154. The van der Waals surface area contributed by atoms with Crippen molar-refractivity contribution in [3.63, 3.8) is 0 Å². The number of hydrogen-bond acceptors (Lipinski definition) is 2. The smallest absolute Gasteiger partial charge is 0.489 e. The van der Waals surface area contributed by atoms with Crippen LogP contribution in [0.25, 0.3) is 0 Å². The van der Waals surface area contributed by atoms with E-state index in [0.29, 0.717) is 6.61 Å². The number of carbonyl (C=O) groups excluding carboxylic acids is 1. The van der Waals surface area contributed by atoms with Crippen molar-refractivity contribution in [3.05, 3.63) is 6.61 Å². The summed E-state index contributed by atoms with van der Waals surface area (Å²) in [5.74, 6) is -0.712. The van der Waals surface area contributed by atoms with Gasteiger partial charge in [-0.25, -0.2) is 4.79 Å². The number of carbonyl (C=O) groups is 1. The van der Waals surface area contributed by atoms with Gasteiger partial charge in [-0.1, -0.05) is 0 Å². The fourth-order valence-corrected chi connectivity index (χ4v) is 0.154. The number of esters is 1. The predicted octanol–water partition coefficient (Wildman–Crippen LogP) is 0.884. The Morgan fingerprint density at radius 3 is 2.17 bits per heavy atom. The molecule has 7 heteroatoms. The van der Waals surface area contributed by atoms with Crippen molar-refractivity contribution >= 4 is 5.97 Å². The minimum Gasteiger partial charge on any atom is -0.513 e. The van der Waals surface area contributed by atoms with Crippen LogP contribution in [0, 0.1) is 19.0 Å². The Hall–Kier alpha value is -1.65. The molecule has 0 N–H and O–H groups in total. The van der Waals surface area contributed by atoms with E-state index >= 15 is 0 Å². The van der Waals surface area contributed by atoms with Gasteiger partial charge in [-0.2, -0.15) is 13.2 Å². The maximum Gasteiger partial charge on any atom is 0.489 e. The van der Waals surface area contributed by atoms with Gasteiger partial charge in [-0.3, -0.25) is 5.92 Å². The molecule has 0 unspecified atom stereocenters. The number of ether oxygens (including phenoxy) is 1. The number of alkyl halides is 3. The SMILES string of the molecule is C#C[CH-]OC(=O)C(F)(F)F.[Re].[Rf]. The van der Waals surface area contributed by atoms with Crippen LogP contribution >= 0.6 is 0 Å². The van der Waals surface area contributed by atoms with Crippen LogP contribution in [-0.2, 0) is 30.0 Å². The molecule has 0 aromatic heterocycles. The molecule has 0 bridgehead atoms. The quantitative estimate of drug-likeness (QED) is 0.253. The van der Waals surface area contributed by atoms with Gasteiger partial charge in [0.25, 0.3) is 0 Å². The molecule has 2 nitrogen and oxygen atoms in total. The summed E-state index contributed by atoms with van der Waals surface area (Å²) in [4.78, 5) is 9.75. The summed E-state index contributed by atoms with van der Waals surface area (Å²) < 4.78 is 37.1. The van der Waals surface area contributed by atoms with E-state index < -0.39 is 12.1 Å². The predicted molar refractivity (Wildman–Crippen MR) is 25.3 cm³/mol. The summed E-state index contributed by atoms with van der Waals surface area (Å²) >= 11 is 0. The largest absolute Gasteiger partial charge is 0.513 e. The standard InChI is InChI=1S/C5H2F3O2.Re.Rf/c1-2-3-10-4(9)5(6,7)8;;/h1,3H;;/q-1;;. The fraction of sp³-hybridized carbons (Fsp3) is 0.200. The Labute approximate surface area is 74.7 Å².